The van der Waals surface area contributed by atoms with Crippen molar-refractivity contribution in [3.8, 4) is 0 Å². The zero-order valence-electron chi connectivity index (χ0n) is 11.1. The summed E-state index contributed by atoms with van der Waals surface area (Å²) < 4.78 is 0. The lowest BCUT2D eigenvalue weighted by atomic mass is 9.94. The number of amides is 2. The number of carbonyl (C=O) groups excluding carboxylic acids is 2. The molecule has 1 heterocycles. The van der Waals surface area contributed by atoms with Crippen LogP contribution in [-0.4, -0.2) is 49.4 Å². The molecule has 0 aliphatic carbocycles. The van der Waals surface area contributed by atoms with Crippen molar-refractivity contribution in [1.82, 2.24) is 15.5 Å². The van der Waals surface area contributed by atoms with Gasteiger partial charge in [0.05, 0.1) is 6.04 Å². The van der Waals surface area contributed by atoms with Crippen molar-refractivity contribution in [2.75, 3.05) is 20.6 Å². The number of rotatable bonds is 3. The number of nitrogens with zero attached hydrogens (tertiary/aromatic N) is 1. The summed E-state index contributed by atoms with van der Waals surface area (Å²) in [7, 11) is 3.37. The first-order valence-electron chi connectivity index (χ1n) is 6.16. The van der Waals surface area contributed by atoms with Gasteiger partial charge in [-0.1, -0.05) is 6.92 Å². The second-order valence-electron chi connectivity index (χ2n) is 5.10. The molecule has 3 atom stereocenters. The molecule has 0 bridgehead atoms. The Hall–Kier alpha value is -1.10. The number of carbonyl (C=O) groups is 2. The van der Waals surface area contributed by atoms with Crippen LogP contribution in [0.5, 0.6) is 0 Å². The molecule has 0 radical (unpaired) electrons. The van der Waals surface area contributed by atoms with Gasteiger partial charge in [-0.3, -0.25) is 9.59 Å². The number of piperidine rings is 1. The van der Waals surface area contributed by atoms with Crippen LogP contribution >= 0.6 is 0 Å². The minimum Gasteiger partial charge on any atom is -0.347 e. The molecule has 17 heavy (non-hydrogen) atoms. The van der Waals surface area contributed by atoms with Crippen molar-refractivity contribution in [3.05, 3.63) is 0 Å². The monoisotopic (exact) mass is 241 g/mol. The summed E-state index contributed by atoms with van der Waals surface area (Å²) in [6, 6.07) is -0.618. The summed E-state index contributed by atoms with van der Waals surface area (Å²) in [5.74, 6) is 0.410. The van der Waals surface area contributed by atoms with Crippen molar-refractivity contribution < 1.29 is 9.59 Å². The molecule has 1 fully saturated rings. The maximum atomic E-state index is 11.9. The van der Waals surface area contributed by atoms with E-state index in [1.807, 2.05) is 0 Å². The summed E-state index contributed by atoms with van der Waals surface area (Å²) in [4.78, 5) is 25.0. The van der Waals surface area contributed by atoms with E-state index in [1.54, 1.807) is 21.0 Å². The molecule has 2 N–H and O–H groups in total. The number of nitrogens with one attached hydrogen (secondary N) is 2. The Kier molecular flexibility index (Phi) is 4.93. The standard InChI is InChI=1S/C12H23N3O2/c1-8-5-6-13-10(7-8)11(16)14-9(2)12(17)15(3)4/h8-10,13H,5-7H2,1-4H3,(H,14,16). The van der Waals surface area contributed by atoms with E-state index in [0.29, 0.717) is 5.92 Å². The minimum atomic E-state index is -0.462. The lowest BCUT2D eigenvalue weighted by Gasteiger charge is -2.28. The largest absolute Gasteiger partial charge is 0.347 e. The van der Waals surface area contributed by atoms with Gasteiger partial charge in [-0.15, -0.1) is 0 Å². The van der Waals surface area contributed by atoms with Crippen LogP contribution in [0.3, 0.4) is 0 Å². The van der Waals surface area contributed by atoms with Crippen LogP contribution in [0.1, 0.15) is 26.7 Å². The molecular formula is C12H23N3O2. The predicted octanol–water partition coefficient (Wildman–Crippen LogP) is -0.0326. The van der Waals surface area contributed by atoms with Gasteiger partial charge in [0.25, 0.3) is 0 Å². The van der Waals surface area contributed by atoms with Gasteiger partial charge in [-0.05, 0) is 32.2 Å². The number of hydrogen-bond donors (Lipinski definition) is 2. The Morgan fingerprint density at radius 1 is 1.41 bits per heavy atom. The highest BCUT2D eigenvalue weighted by molar-refractivity contribution is 5.89. The first-order valence-corrected chi connectivity index (χ1v) is 6.16. The van der Waals surface area contributed by atoms with E-state index < -0.39 is 6.04 Å². The molecule has 5 heteroatoms. The van der Waals surface area contributed by atoms with Gasteiger partial charge in [-0.2, -0.15) is 0 Å². The fourth-order valence-corrected chi connectivity index (χ4v) is 2.07. The third-order valence-electron chi connectivity index (χ3n) is 3.15. The Balaban J connectivity index is 2.45. The lowest BCUT2D eigenvalue weighted by molar-refractivity contribution is -0.134. The van der Waals surface area contributed by atoms with Crippen LogP contribution in [-0.2, 0) is 9.59 Å². The summed E-state index contributed by atoms with van der Waals surface area (Å²) in [5.41, 5.74) is 0. The highest BCUT2D eigenvalue weighted by Gasteiger charge is 2.27. The molecule has 1 aliphatic heterocycles. The third-order valence-corrected chi connectivity index (χ3v) is 3.15. The van der Waals surface area contributed by atoms with Crippen LogP contribution in [0.4, 0.5) is 0 Å². The molecule has 0 saturated carbocycles. The van der Waals surface area contributed by atoms with E-state index >= 15 is 0 Å². The second-order valence-corrected chi connectivity index (χ2v) is 5.10. The van der Waals surface area contributed by atoms with Crippen LogP contribution in [0.2, 0.25) is 0 Å². The quantitative estimate of drug-likeness (QED) is 0.729. The molecule has 1 saturated heterocycles. The van der Waals surface area contributed by atoms with Crippen LogP contribution in [0.25, 0.3) is 0 Å². The van der Waals surface area contributed by atoms with Crippen molar-refractivity contribution in [1.29, 1.82) is 0 Å². The Labute approximate surface area is 103 Å². The SMILES string of the molecule is CC1CCNC(C(=O)NC(C)C(=O)N(C)C)C1. The molecule has 0 spiro atoms. The molecule has 0 aromatic heterocycles. The van der Waals surface area contributed by atoms with Gasteiger partial charge in [-0.25, -0.2) is 0 Å². The predicted molar refractivity (Wildman–Crippen MR) is 66.5 cm³/mol. The topological polar surface area (TPSA) is 61.4 Å². The molecule has 2 amide bonds. The fraction of sp³-hybridized carbons (Fsp3) is 0.833. The molecule has 1 rings (SSSR count). The highest BCUT2D eigenvalue weighted by Crippen LogP contribution is 2.15. The smallest absolute Gasteiger partial charge is 0.244 e. The van der Waals surface area contributed by atoms with Gasteiger partial charge < -0.3 is 15.5 Å². The van der Waals surface area contributed by atoms with E-state index in [0.717, 1.165) is 19.4 Å². The van der Waals surface area contributed by atoms with Gasteiger partial charge in [0.2, 0.25) is 11.8 Å². The van der Waals surface area contributed by atoms with Crippen LogP contribution in [0, 0.1) is 5.92 Å². The van der Waals surface area contributed by atoms with Crippen LogP contribution in [0.15, 0.2) is 0 Å². The van der Waals surface area contributed by atoms with Crippen LogP contribution < -0.4 is 10.6 Å². The number of hydrogen-bond acceptors (Lipinski definition) is 3. The second kappa shape index (κ2) is 6.00. The average Bonchev–Trinajstić information content (AvgIpc) is 2.27. The molecule has 1 aliphatic rings. The first kappa shape index (κ1) is 14.0. The summed E-state index contributed by atoms with van der Waals surface area (Å²) in [5, 5.41) is 5.94. The Bertz CT molecular complexity index is 291. The van der Waals surface area contributed by atoms with Crippen molar-refractivity contribution in [2.24, 2.45) is 5.92 Å². The summed E-state index contributed by atoms with van der Waals surface area (Å²) in [6.45, 7) is 4.73. The number of likely N-dealkylation sites (N-methyl/N-ethyl adjacent to an activating group) is 1. The van der Waals surface area contributed by atoms with E-state index in [4.69, 9.17) is 0 Å². The van der Waals surface area contributed by atoms with E-state index in [1.165, 1.54) is 4.90 Å². The van der Waals surface area contributed by atoms with Gasteiger partial charge >= 0.3 is 0 Å². The maximum absolute atomic E-state index is 11.9. The molecular weight excluding hydrogens is 218 g/mol. The maximum Gasteiger partial charge on any atom is 0.244 e. The normalized spacial score (nSPS) is 26.1. The molecule has 0 aromatic rings. The minimum absolute atomic E-state index is 0.0701. The van der Waals surface area contributed by atoms with Crippen molar-refractivity contribution >= 4 is 11.8 Å². The van der Waals surface area contributed by atoms with Gasteiger partial charge in [0.15, 0.2) is 0 Å². The molecule has 98 valence electrons. The summed E-state index contributed by atoms with van der Waals surface area (Å²) >= 11 is 0. The fourth-order valence-electron chi connectivity index (χ4n) is 2.07. The van der Waals surface area contributed by atoms with E-state index in [9.17, 15) is 9.59 Å². The Morgan fingerprint density at radius 3 is 2.59 bits per heavy atom. The van der Waals surface area contributed by atoms with Gasteiger partial charge in [0, 0.05) is 14.1 Å². The van der Waals surface area contributed by atoms with E-state index in [-0.39, 0.29) is 17.9 Å². The van der Waals surface area contributed by atoms with Crippen molar-refractivity contribution in [2.45, 2.75) is 38.8 Å². The summed E-state index contributed by atoms with van der Waals surface area (Å²) in [6.07, 6.45) is 1.95. The zero-order chi connectivity index (χ0) is 13.0. The first-order chi connectivity index (χ1) is 7.91. The zero-order valence-corrected chi connectivity index (χ0v) is 11.1. The highest BCUT2D eigenvalue weighted by atomic mass is 16.2. The lowest BCUT2D eigenvalue weighted by Crippen LogP contribution is -2.53. The van der Waals surface area contributed by atoms with Gasteiger partial charge in [0.1, 0.15) is 6.04 Å². The average molecular weight is 241 g/mol. The molecule has 0 aromatic carbocycles. The van der Waals surface area contributed by atoms with Crippen molar-refractivity contribution in [3.63, 3.8) is 0 Å². The third kappa shape index (κ3) is 4.00. The Morgan fingerprint density at radius 2 is 2.06 bits per heavy atom. The van der Waals surface area contributed by atoms with E-state index in [2.05, 4.69) is 17.6 Å². The molecule has 3 unspecified atom stereocenters. The molecule has 5 nitrogen and oxygen atoms in total.